The summed E-state index contributed by atoms with van der Waals surface area (Å²) in [6, 6.07) is 54.6. The van der Waals surface area contributed by atoms with Crippen LogP contribution in [0.3, 0.4) is 0 Å². The van der Waals surface area contributed by atoms with Crippen molar-refractivity contribution in [1.82, 2.24) is 19.1 Å². The molecule has 2 saturated heterocycles. The number of aromatic nitrogens is 4. The molecule has 7 aromatic carbocycles. The van der Waals surface area contributed by atoms with Crippen molar-refractivity contribution < 1.29 is 56.4 Å². The first-order chi connectivity index (χ1) is 44.1. The first-order valence-electron chi connectivity index (χ1n) is 29.1. The molecule has 0 bridgehead atoms. The van der Waals surface area contributed by atoms with E-state index in [0.717, 1.165) is 22.3 Å². The molecular weight excluding hydrogens is 1190 g/mol. The summed E-state index contributed by atoms with van der Waals surface area (Å²) in [4.78, 5) is 69.4. The van der Waals surface area contributed by atoms with Gasteiger partial charge < -0.3 is 42.4 Å². The minimum Gasteiger partial charge on any atom is -0.497 e. The van der Waals surface area contributed by atoms with Gasteiger partial charge in [-0.05, 0) is 108 Å². The molecule has 0 radical (unpaired) electrons. The summed E-state index contributed by atoms with van der Waals surface area (Å²) in [6.45, 7) is 2.60. The molecule has 0 aliphatic carbocycles. The van der Waals surface area contributed by atoms with Crippen molar-refractivity contribution in [1.29, 1.82) is 0 Å². The summed E-state index contributed by atoms with van der Waals surface area (Å²) >= 11 is 0. The summed E-state index contributed by atoms with van der Waals surface area (Å²) in [5.74, 6) is 2.55. The van der Waals surface area contributed by atoms with E-state index < -0.39 is 84.1 Å². The number of H-pyrrole nitrogens is 2. The van der Waals surface area contributed by atoms with Crippen molar-refractivity contribution in [3.63, 3.8) is 0 Å². The van der Waals surface area contributed by atoms with Gasteiger partial charge in [-0.3, -0.25) is 47.9 Å². The van der Waals surface area contributed by atoms with Crippen molar-refractivity contribution in [2.24, 2.45) is 0 Å². The largest absolute Gasteiger partial charge is 0.497 e. The molecule has 2 fully saturated rings. The predicted molar refractivity (Wildman–Crippen MR) is 336 cm³/mol. The number of aromatic amines is 2. The molecule has 2 aliphatic heterocycles. The molecule has 2 aromatic heterocycles. The molecule has 0 spiro atoms. The molecule has 2 aliphatic rings. The van der Waals surface area contributed by atoms with Gasteiger partial charge in [0.05, 0.1) is 52.7 Å². The number of non-ortho nitro benzene ring substituents is 1. The smallest absolute Gasteiger partial charge is 0.397 e. The highest BCUT2D eigenvalue weighted by molar-refractivity contribution is 7.42. The van der Waals surface area contributed by atoms with Crippen LogP contribution in [0, 0.1) is 24.0 Å². The van der Waals surface area contributed by atoms with Crippen molar-refractivity contribution in [3.05, 3.63) is 291 Å². The zero-order chi connectivity index (χ0) is 63.8. The lowest BCUT2D eigenvalue weighted by atomic mass is 9.79. The fraction of sp³-hybridized carbons (Fsp3) is 0.265. The maximum atomic E-state index is 13.8. The summed E-state index contributed by atoms with van der Waals surface area (Å²) in [7, 11) is 3.68. The van der Waals surface area contributed by atoms with E-state index in [9.17, 15) is 29.3 Å². The molecule has 4 heterocycles. The number of aryl methyl sites for hydroxylation is 2. The van der Waals surface area contributed by atoms with Gasteiger partial charge in [0.2, 0.25) is 0 Å². The van der Waals surface area contributed by atoms with E-state index in [1.807, 2.05) is 158 Å². The van der Waals surface area contributed by atoms with E-state index in [4.69, 9.17) is 51.5 Å². The van der Waals surface area contributed by atoms with Gasteiger partial charge in [-0.25, -0.2) is 9.59 Å². The zero-order valence-electron chi connectivity index (χ0n) is 50.5. The zero-order valence-corrected chi connectivity index (χ0v) is 51.4. The Kier molecular flexibility index (Phi) is 19.2. The quantitative estimate of drug-likeness (QED) is 0.0233. The van der Waals surface area contributed by atoms with Crippen LogP contribution in [0.25, 0.3) is 0 Å². The van der Waals surface area contributed by atoms with E-state index >= 15 is 0 Å². The van der Waals surface area contributed by atoms with E-state index in [-0.39, 0.29) is 48.6 Å². The first-order valence-corrected chi connectivity index (χ1v) is 30.2. The van der Waals surface area contributed by atoms with E-state index in [1.54, 1.807) is 42.3 Å². The number of hydrogen-bond acceptors (Lipinski definition) is 17. The molecule has 2 N–H and O–H groups in total. The van der Waals surface area contributed by atoms with Gasteiger partial charge in [-0.15, -0.1) is 0 Å². The van der Waals surface area contributed by atoms with Gasteiger partial charge in [0.15, 0.2) is 0 Å². The second-order valence-corrected chi connectivity index (χ2v) is 22.8. The molecule has 1 unspecified atom stereocenters. The number of nitro benzene ring substituents is 1. The molecule has 470 valence electrons. The lowest BCUT2D eigenvalue weighted by Crippen LogP contribution is -2.41. The van der Waals surface area contributed by atoms with Crippen molar-refractivity contribution in [2.45, 2.75) is 74.8 Å². The van der Waals surface area contributed by atoms with Crippen LogP contribution < -0.4 is 46.0 Å². The lowest BCUT2D eigenvalue weighted by molar-refractivity contribution is -0.384. The van der Waals surface area contributed by atoms with Gasteiger partial charge in [0.1, 0.15) is 70.7 Å². The van der Waals surface area contributed by atoms with Crippen LogP contribution in [0.2, 0.25) is 0 Å². The number of methoxy groups -OCH3 is 4. The van der Waals surface area contributed by atoms with Gasteiger partial charge >= 0.3 is 20.0 Å². The Labute approximate surface area is 523 Å². The Hall–Kier alpha value is -9.51. The Morgan fingerprint density at radius 2 is 0.879 bits per heavy atom. The number of rotatable bonds is 25. The Morgan fingerprint density at radius 1 is 0.505 bits per heavy atom. The van der Waals surface area contributed by atoms with Gasteiger partial charge in [-0.1, -0.05) is 109 Å². The second-order valence-electron chi connectivity index (χ2n) is 21.7. The van der Waals surface area contributed by atoms with Crippen molar-refractivity contribution in [2.75, 3.05) is 41.7 Å². The normalized spacial score (nSPS) is 18.5. The molecule has 9 aromatic rings. The highest BCUT2D eigenvalue weighted by atomic mass is 31.2. The van der Waals surface area contributed by atoms with Crippen molar-refractivity contribution >= 4 is 14.3 Å². The fourth-order valence-electron chi connectivity index (χ4n) is 11.5. The number of benzene rings is 7. The minimum absolute atomic E-state index is 0.0276. The molecule has 11 rings (SSSR count). The standard InChI is InChI=1S/C68H66N5O17P/c1-43-39-71(65(76)69-63(43)74)61-37-57(88-68(46-15-11-8-12-16-46,49-21-31-54(82-5)32-22-49)50-23-33-55(83-6)34-24-50)60(87-61)42-85-91(89-56-35-25-51(26-36-56)73(78)79)90-58-38-62(72-40-44(2)64(75)70-66(72)77)86-59(58)41-84-67(45-13-9-7-10-14-45,47-17-27-52(80-3)28-18-47)48-19-29-53(81-4)30-20-48/h7-36,39-40,57-62H,37-38,41-42H2,1-6H3,(H,69,74,76)(H,70,75,77)/t57-,58-,59+,60+,61+,62+,91?/m0/s1. The second kappa shape index (κ2) is 27.7. The average molecular weight is 1260 g/mol. The van der Waals surface area contributed by atoms with Crippen LogP contribution in [0.5, 0.6) is 28.7 Å². The van der Waals surface area contributed by atoms with E-state index in [2.05, 4.69) is 9.97 Å². The topological polar surface area (TPSA) is 254 Å². The predicted octanol–water partition coefficient (Wildman–Crippen LogP) is 10.3. The van der Waals surface area contributed by atoms with Crippen LogP contribution in [0.4, 0.5) is 5.69 Å². The van der Waals surface area contributed by atoms with Crippen LogP contribution in [-0.2, 0) is 39.2 Å². The fourth-order valence-corrected chi connectivity index (χ4v) is 12.6. The Bertz CT molecular complexity index is 4090. The summed E-state index contributed by atoms with van der Waals surface area (Å²) < 4.78 is 74.3. The number of nitrogens with zero attached hydrogens (tertiary/aromatic N) is 3. The summed E-state index contributed by atoms with van der Waals surface area (Å²) in [5.41, 5.74) is -0.711. The molecule has 0 amide bonds. The lowest BCUT2D eigenvalue weighted by Gasteiger charge is -2.39. The monoisotopic (exact) mass is 1260 g/mol. The Balaban J connectivity index is 1.00. The molecular formula is C68H66N5O17P. The maximum Gasteiger partial charge on any atom is 0.397 e. The average Bonchev–Trinajstić information content (AvgIpc) is 1.50. The summed E-state index contributed by atoms with van der Waals surface area (Å²) in [5, 5.41) is 11.9. The molecule has 91 heavy (non-hydrogen) atoms. The third-order valence-electron chi connectivity index (χ3n) is 16.2. The number of nitrogens with one attached hydrogen (secondary N) is 2. The molecule has 23 heteroatoms. The number of ether oxygens (including phenoxy) is 8. The SMILES string of the molecule is COc1ccc(C(OC[C@H]2O[C@@H](n3cc(C)c(=O)[nH]c3=O)C[C@@H]2OP(OC[C@H]2O[C@@H](n3cc(C)c(=O)[nH]c3=O)C[C@@H]2OC(c2ccccc2)(c2ccc(OC)cc2)c2ccc(OC)cc2)Oc2ccc([N+](=O)[O-])cc2)(c2ccccc2)c2ccc(OC)cc2)cc1. The third kappa shape index (κ3) is 13.4. The first kappa shape index (κ1) is 63.1. The highest BCUT2D eigenvalue weighted by Gasteiger charge is 2.49. The van der Waals surface area contributed by atoms with Gasteiger partial charge in [0, 0.05) is 48.5 Å². The van der Waals surface area contributed by atoms with Crippen LogP contribution in [0.15, 0.2) is 214 Å². The molecule has 22 nitrogen and oxygen atoms in total. The number of hydrogen-bond donors (Lipinski definition) is 2. The van der Waals surface area contributed by atoms with Crippen LogP contribution in [0.1, 0.15) is 69.8 Å². The maximum absolute atomic E-state index is 13.8. The third-order valence-corrected chi connectivity index (χ3v) is 17.4. The van der Waals surface area contributed by atoms with Gasteiger partial charge in [-0.2, -0.15) is 0 Å². The van der Waals surface area contributed by atoms with E-state index in [0.29, 0.717) is 34.1 Å². The molecule has 7 atom stereocenters. The number of nitro groups is 1. The van der Waals surface area contributed by atoms with Gasteiger partial charge in [0.25, 0.3) is 16.8 Å². The van der Waals surface area contributed by atoms with E-state index in [1.165, 1.54) is 45.8 Å². The highest BCUT2D eigenvalue weighted by Crippen LogP contribution is 2.51. The minimum atomic E-state index is -2.64. The molecule has 0 saturated carbocycles. The Morgan fingerprint density at radius 3 is 1.30 bits per heavy atom. The summed E-state index contributed by atoms with van der Waals surface area (Å²) in [6.07, 6.45) is -3.28. The van der Waals surface area contributed by atoms with Crippen LogP contribution >= 0.6 is 8.60 Å². The van der Waals surface area contributed by atoms with Crippen molar-refractivity contribution in [3.8, 4) is 28.7 Å². The van der Waals surface area contributed by atoms with Crippen LogP contribution in [-0.4, -0.2) is 90.1 Å².